The Bertz CT molecular complexity index is 1520. The van der Waals surface area contributed by atoms with Gasteiger partial charge in [0.05, 0.1) is 28.5 Å². The molecule has 1 saturated heterocycles. The lowest BCUT2D eigenvalue weighted by Gasteiger charge is -2.29. The minimum absolute atomic E-state index is 0.0613. The van der Waals surface area contributed by atoms with Crippen LogP contribution in [-0.2, 0) is 14.8 Å². The number of nitrogens with one attached hydrogen (secondary N) is 1. The van der Waals surface area contributed by atoms with E-state index in [0.29, 0.717) is 35.2 Å². The summed E-state index contributed by atoms with van der Waals surface area (Å²) < 4.78 is 43.2. The standard InChI is InChI=1S/C25H22FN5O3S/c26-17-6-8-18(9-7-17)31-23-13-10-19(14-21(23)27-29-31)30-24(32)15-22(28-35(33,34)20-11-12-20)25(30)16-4-2-1-3-5-16/h1-10,13-14,20,22,25,28H,11-12,15H2. The van der Waals surface area contributed by atoms with Crippen LogP contribution in [-0.4, -0.2) is 40.6 Å². The predicted molar refractivity (Wildman–Crippen MR) is 129 cm³/mol. The molecule has 2 atom stereocenters. The average molecular weight is 492 g/mol. The first kappa shape index (κ1) is 21.9. The van der Waals surface area contributed by atoms with Gasteiger partial charge in [0.1, 0.15) is 11.3 Å². The van der Waals surface area contributed by atoms with E-state index in [9.17, 15) is 17.6 Å². The van der Waals surface area contributed by atoms with Crippen molar-refractivity contribution in [3.8, 4) is 5.69 Å². The van der Waals surface area contributed by atoms with Crippen LogP contribution in [0.3, 0.4) is 0 Å². The second-order valence-corrected chi connectivity index (χ2v) is 10.9. The Hall–Kier alpha value is -3.63. The fourth-order valence-corrected chi connectivity index (χ4v) is 6.28. The molecule has 2 heterocycles. The number of carbonyl (C=O) groups excluding carboxylic acids is 1. The number of aromatic nitrogens is 3. The molecule has 1 aliphatic heterocycles. The first-order valence-electron chi connectivity index (χ1n) is 11.4. The highest BCUT2D eigenvalue weighted by atomic mass is 32.2. The van der Waals surface area contributed by atoms with Crippen molar-refractivity contribution in [2.75, 3.05) is 4.90 Å². The molecule has 0 radical (unpaired) electrons. The van der Waals surface area contributed by atoms with Crippen LogP contribution in [0.15, 0.2) is 72.8 Å². The van der Waals surface area contributed by atoms with Crippen LogP contribution in [0.1, 0.15) is 30.9 Å². The van der Waals surface area contributed by atoms with E-state index in [1.807, 2.05) is 36.4 Å². The summed E-state index contributed by atoms with van der Waals surface area (Å²) in [7, 11) is -3.49. The molecule has 2 unspecified atom stereocenters. The van der Waals surface area contributed by atoms with Crippen LogP contribution < -0.4 is 9.62 Å². The summed E-state index contributed by atoms with van der Waals surface area (Å²) in [6, 6.07) is 19.7. The number of nitrogens with zero attached hydrogens (tertiary/aromatic N) is 4. The molecule has 2 aliphatic rings. The highest BCUT2D eigenvalue weighted by molar-refractivity contribution is 7.90. The Balaban J connectivity index is 1.39. The van der Waals surface area contributed by atoms with Gasteiger partial charge in [-0.05, 0) is 60.9 Å². The molecule has 1 aliphatic carbocycles. The van der Waals surface area contributed by atoms with Crippen molar-refractivity contribution in [3.63, 3.8) is 0 Å². The molecule has 1 aromatic heterocycles. The Labute approximate surface area is 201 Å². The van der Waals surface area contributed by atoms with Gasteiger partial charge in [-0.25, -0.2) is 22.2 Å². The van der Waals surface area contributed by atoms with Crippen LogP contribution in [0.4, 0.5) is 10.1 Å². The zero-order chi connectivity index (χ0) is 24.2. The number of amides is 1. The van der Waals surface area contributed by atoms with Crippen molar-refractivity contribution >= 4 is 32.7 Å². The van der Waals surface area contributed by atoms with Gasteiger partial charge in [-0.2, -0.15) is 0 Å². The molecule has 10 heteroatoms. The van der Waals surface area contributed by atoms with E-state index in [2.05, 4.69) is 15.0 Å². The van der Waals surface area contributed by atoms with Gasteiger partial charge in [0.25, 0.3) is 0 Å². The number of anilines is 1. The molecule has 8 nitrogen and oxygen atoms in total. The van der Waals surface area contributed by atoms with E-state index < -0.39 is 22.1 Å². The number of hydrogen-bond donors (Lipinski definition) is 1. The topological polar surface area (TPSA) is 97.2 Å². The molecular formula is C25H22FN5O3S. The van der Waals surface area contributed by atoms with Crippen LogP contribution in [0.2, 0.25) is 0 Å². The quantitative estimate of drug-likeness (QED) is 0.445. The minimum atomic E-state index is -3.49. The Morgan fingerprint density at radius 2 is 1.66 bits per heavy atom. The average Bonchev–Trinajstić information content (AvgIpc) is 3.57. The Morgan fingerprint density at radius 1 is 0.943 bits per heavy atom. The number of hydrogen-bond acceptors (Lipinski definition) is 5. The molecule has 1 N–H and O–H groups in total. The molecule has 35 heavy (non-hydrogen) atoms. The van der Waals surface area contributed by atoms with E-state index >= 15 is 0 Å². The van der Waals surface area contributed by atoms with E-state index in [1.54, 1.807) is 33.8 Å². The molecule has 6 rings (SSSR count). The van der Waals surface area contributed by atoms with Crippen LogP contribution in [0, 0.1) is 5.82 Å². The zero-order valence-electron chi connectivity index (χ0n) is 18.6. The summed E-state index contributed by atoms with van der Waals surface area (Å²) in [5.41, 5.74) is 3.38. The van der Waals surface area contributed by atoms with Crippen molar-refractivity contribution < 1.29 is 17.6 Å². The van der Waals surface area contributed by atoms with Crippen molar-refractivity contribution in [1.29, 1.82) is 0 Å². The highest BCUT2D eigenvalue weighted by Crippen LogP contribution is 2.39. The fraction of sp³-hybridized carbons (Fsp3) is 0.240. The van der Waals surface area contributed by atoms with Gasteiger partial charge < -0.3 is 4.90 Å². The lowest BCUT2D eigenvalue weighted by molar-refractivity contribution is -0.117. The summed E-state index contributed by atoms with van der Waals surface area (Å²) in [5, 5.41) is 8.08. The Kier molecular flexibility index (Phi) is 5.15. The Morgan fingerprint density at radius 3 is 2.37 bits per heavy atom. The zero-order valence-corrected chi connectivity index (χ0v) is 19.4. The predicted octanol–water partition coefficient (Wildman–Crippen LogP) is 3.49. The molecule has 0 spiro atoms. The first-order valence-corrected chi connectivity index (χ1v) is 12.9. The summed E-state index contributed by atoms with van der Waals surface area (Å²) in [5.74, 6) is -0.514. The van der Waals surface area contributed by atoms with E-state index in [0.717, 1.165) is 5.56 Å². The van der Waals surface area contributed by atoms with Crippen molar-refractivity contribution in [2.45, 2.75) is 36.6 Å². The molecule has 2 fully saturated rings. The normalized spacial score (nSPS) is 20.6. The summed E-state index contributed by atoms with van der Waals surface area (Å²) >= 11 is 0. The summed E-state index contributed by atoms with van der Waals surface area (Å²) in [6.07, 6.45) is 1.36. The maximum atomic E-state index is 13.3. The molecule has 3 aromatic carbocycles. The monoisotopic (exact) mass is 491 g/mol. The fourth-order valence-electron chi connectivity index (χ4n) is 4.70. The molecule has 0 bridgehead atoms. The summed E-state index contributed by atoms with van der Waals surface area (Å²) in [6.45, 7) is 0. The minimum Gasteiger partial charge on any atom is -0.303 e. The van der Waals surface area contributed by atoms with Crippen LogP contribution in [0.5, 0.6) is 0 Å². The first-order chi connectivity index (χ1) is 16.9. The maximum Gasteiger partial charge on any atom is 0.229 e. The second kappa shape index (κ2) is 8.24. The van der Waals surface area contributed by atoms with Crippen molar-refractivity contribution in [2.24, 2.45) is 0 Å². The number of rotatable bonds is 6. The van der Waals surface area contributed by atoms with E-state index in [-0.39, 0.29) is 23.4 Å². The third-order valence-corrected chi connectivity index (χ3v) is 8.50. The molecular weight excluding hydrogens is 469 g/mol. The van der Waals surface area contributed by atoms with Gasteiger partial charge in [-0.1, -0.05) is 35.5 Å². The molecule has 1 amide bonds. The molecule has 4 aromatic rings. The van der Waals surface area contributed by atoms with Gasteiger partial charge in [0.2, 0.25) is 15.9 Å². The second-order valence-electron chi connectivity index (χ2n) is 8.94. The number of fused-ring (bicyclic) bond motifs is 1. The van der Waals surface area contributed by atoms with Gasteiger partial charge in [0.15, 0.2) is 0 Å². The largest absolute Gasteiger partial charge is 0.303 e. The van der Waals surface area contributed by atoms with E-state index in [1.165, 1.54) is 12.1 Å². The van der Waals surface area contributed by atoms with Crippen molar-refractivity contribution in [3.05, 3.63) is 84.2 Å². The van der Waals surface area contributed by atoms with Crippen molar-refractivity contribution in [1.82, 2.24) is 19.7 Å². The van der Waals surface area contributed by atoms with Crippen LogP contribution >= 0.6 is 0 Å². The lowest BCUT2D eigenvalue weighted by atomic mass is 10.0. The molecule has 178 valence electrons. The number of sulfonamides is 1. The maximum absolute atomic E-state index is 13.3. The van der Waals surface area contributed by atoms with Crippen LogP contribution in [0.25, 0.3) is 16.7 Å². The number of carbonyl (C=O) groups is 1. The number of benzene rings is 3. The van der Waals surface area contributed by atoms with Gasteiger partial charge in [-0.3, -0.25) is 4.79 Å². The SMILES string of the molecule is O=C1CC(NS(=O)(=O)C2CC2)C(c2ccccc2)N1c1ccc2c(c1)nnn2-c1ccc(F)cc1. The highest BCUT2D eigenvalue weighted by Gasteiger charge is 2.46. The number of halogens is 1. The van der Waals surface area contributed by atoms with Gasteiger partial charge in [0, 0.05) is 12.1 Å². The van der Waals surface area contributed by atoms with Gasteiger partial charge >= 0.3 is 0 Å². The van der Waals surface area contributed by atoms with E-state index in [4.69, 9.17) is 0 Å². The molecule has 1 saturated carbocycles. The lowest BCUT2D eigenvalue weighted by Crippen LogP contribution is -2.41. The summed E-state index contributed by atoms with van der Waals surface area (Å²) in [4.78, 5) is 14.9. The smallest absolute Gasteiger partial charge is 0.229 e. The third kappa shape index (κ3) is 3.98. The third-order valence-electron chi connectivity index (χ3n) is 6.52. The van der Waals surface area contributed by atoms with Gasteiger partial charge in [-0.15, -0.1) is 5.10 Å².